The van der Waals surface area contributed by atoms with Crippen LogP contribution in [0.2, 0.25) is 0 Å². The fraction of sp³-hybridized carbons (Fsp3) is 0.533. The number of amides is 2. The Morgan fingerprint density at radius 1 is 0.618 bits per heavy atom. The third-order valence-electron chi connectivity index (χ3n) is 7.48. The Balaban J connectivity index is 1.04. The number of carbonyl (C=O) groups excluding carboxylic acids is 2. The summed E-state index contributed by atoms with van der Waals surface area (Å²) in [4.78, 5) is 29.5. The molecule has 2 aromatic rings. The zero-order chi connectivity index (χ0) is 23.9. The van der Waals surface area contributed by atoms with E-state index in [0.717, 1.165) is 49.9 Å². The summed E-state index contributed by atoms with van der Waals surface area (Å²) in [6.45, 7) is 4.30. The van der Waals surface area contributed by atoms with Crippen molar-refractivity contribution in [1.82, 2.24) is 0 Å². The van der Waals surface area contributed by atoms with E-state index >= 15 is 0 Å². The Morgan fingerprint density at radius 2 is 0.971 bits per heavy atom. The predicted octanol–water partition coefficient (Wildman–Crippen LogP) is 6.84. The summed E-state index contributed by atoms with van der Waals surface area (Å²) in [6.07, 6.45) is 12.3. The van der Waals surface area contributed by atoms with Crippen molar-refractivity contribution in [2.75, 3.05) is 9.80 Å². The van der Waals surface area contributed by atoms with E-state index in [2.05, 4.69) is 50.2 Å². The van der Waals surface area contributed by atoms with Gasteiger partial charge in [-0.25, -0.2) is 0 Å². The van der Waals surface area contributed by atoms with Crippen LogP contribution < -0.4 is 9.80 Å². The Hall–Kier alpha value is -2.62. The lowest BCUT2D eigenvalue weighted by Gasteiger charge is -2.22. The molecule has 4 heteroatoms. The molecule has 4 rings (SSSR count). The molecule has 2 aliphatic rings. The Bertz CT molecular complexity index is 906. The molecule has 0 saturated heterocycles. The fourth-order valence-electron chi connectivity index (χ4n) is 5.75. The minimum absolute atomic E-state index is 0.275. The molecule has 0 bridgehead atoms. The molecule has 2 amide bonds. The van der Waals surface area contributed by atoms with E-state index in [0.29, 0.717) is 12.8 Å². The quantitative estimate of drug-likeness (QED) is 0.344. The standard InChI is InChI=1S/C30H40N2O2/c1-23-21-25-15-11-13-17-27(25)31(23)29(33)19-9-7-5-3-4-6-8-10-20-30(34)32-24(2)22-26-16-12-14-18-28(26)32/h11-18,23-24H,3-10,19-22H2,1-2H3. The first-order valence-electron chi connectivity index (χ1n) is 13.4. The first-order valence-corrected chi connectivity index (χ1v) is 13.4. The van der Waals surface area contributed by atoms with Gasteiger partial charge in [0.15, 0.2) is 0 Å². The van der Waals surface area contributed by atoms with Gasteiger partial charge in [0, 0.05) is 36.3 Å². The molecule has 0 aromatic heterocycles. The zero-order valence-electron chi connectivity index (χ0n) is 21.0. The number of rotatable bonds is 11. The summed E-state index contributed by atoms with van der Waals surface area (Å²) < 4.78 is 0. The molecule has 0 fully saturated rings. The molecular formula is C30H40N2O2. The summed E-state index contributed by atoms with van der Waals surface area (Å²) in [6, 6.07) is 17.2. The van der Waals surface area contributed by atoms with Gasteiger partial charge in [-0.3, -0.25) is 9.59 Å². The molecule has 0 saturated carbocycles. The van der Waals surface area contributed by atoms with E-state index in [1.54, 1.807) is 0 Å². The van der Waals surface area contributed by atoms with Gasteiger partial charge < -0.3 is 9.80 Å². The number of para-hydroxylation sites is 2. The molecule has 4 nitrogen and oxygen atoms in total. The van der Waals surface area contributed by atoms with Crippen molar-refractivity contribution in [1.29, 1.82) is 0 Å². The van der Waals surface area contributed by atoms with Crippen molar-refractivity contribution in [2.45, 2.75) is 103 Å². The van der Waals surface area contributed by atoms with Gasteiger partial charge >= 0.3 is 0 Å². The maximum Gasteiger partial charge on any atom is 0.227 e. The molecule has 182 valence electrons. The molecule has 2 aliphatic heterocycles. The highest BCUT2D eigenvalue weighted by atomic mass is 16.2. The molecule has 2 aromatic carbocycles. The normalized spacial score (nSPS) is 18.8. The van der Waals surface area contributed by atoms with Gasteiger partial charge in [0.1, 0.15) is 0 Å². The lowest BCUT2D eigenvalue weighted by atomic mass is 10.1. The van der Waals surface area contributed by atoms with Gasteiger partial charge in [0.05, 0.1) is 0 Å². The van der Waals surface area contributed by atoms with Crippen molar-refractivity contribution in [3.05, 3.63) is 59.7 Å². The number of hydrogen-bond donors (Lipinski definition) is 0. The van der Waals surface area contributed by atoms with Crippen LogP contribution in [0.25, 0.3) is 0 Å². The molecule has 0 radical (unpaired) electrons. The Kier molecular flexibility index (Phi) is 8.42. The summed E-state index contributed by atoms with van der Waals surface area (Å²) in [7, 11) is 0. The molecule has 0 aliphatic carbocycles. The van der Waals surface area contributed by atoms with E-state index in [9.17, 15) is 9.59 Å². The third kappa shape index (κ3) is 5.71. The largest absolute Gasteiger partial charge is 0.309 e. The number of hydrogen-bond acceptors (Lipinski definition) is 2. The number of benzene rings is 2. The number of nitrogens with zero attached hydrogens (tertiary/aromatic N) is 2. The van der Waals surface area contributed by atoms with Crippen LogP contribution in [0.5, 0.6) is 0 Å². The molecule has 34 heavy (non-hydrogen) atoms. The smallest absolute Gasteiger partial charge is 0.227 e. The minimum Gasteiger partial charge on any atom is -0.309 e. The van der Waals surface area contributed by atoms with E-state index in [-0.39, 0.29) is 23.9 Å². The summed E-state index contributed by atoms with van der Waals surface area (Å²) in [5, 5.41) is 0. The van der Waals surface area contributed by atoms with Crippen LogP contribution in [0.15, 0.2) is 48.5 Å². The highest BCUT2D eigenvalue weighted by molar-refractivity contribution is 5.96. The lowest BCUT2D eigenvalue weighted by Crippen LogP contribution is -2.35. The molecular weight excluding hydrogens is 420 g/mol. The monoisotopic (exact) mass is 460 g/mol. The molecule has 0 spiro atoms. The van der Waals surface area contributed by atoms with E-state index in [4.69, 9.17) is 0 Å². The lowest BCUT2D eigenvalue weighted by molar-refractivity contribution is -0.119. The van der Waals surface area contributed by atoms with Crippen LogP contribution >= 0.6 is 0 Å². The number of carbonyl (C=O) groups is 2. The van der Waals surface area contributed by atoms with Crippen molar-refractivity contribution in [3.8, 4) is 0 Å². The first kappa shape index (κ1) is 24.5. The summed E-state index contributed by atoms with van der Waals surface area (Å²) >= 11 is 0. The second-order valence-corrected chi connectivity index (χ2v) is 10.2. The van der Waals surface area contributed by atoms with Crippen LogP contribution in [0.1, 0.15) is 89.2 Å². The fourth-order valence-corrected chi connectivity index (χ4v) is 5.75. The van der Waals surface area contributed by atoms with Crippen LogP contribution in [0.4, 0.5) is 11.4 Å². The Labute approximate surface area is 205 Å². The van der Waals surface area contributed by atoms with Crippen molar-refractivity contribution >= 4 is 23.2 Å². The number of fused-ring (bicyclic) bond motifs is 2. The van der Waals surface area contributed by atoms with Crippen LogP contribution in [-0.2, 0) is 22.4 Å². The second kappa shape index (κ2) is 11.7. The summed E-state index contributed by atoms with van der Waals surface area (Å²) in [5.74, 6) is 0.550. The van der Waals surface area contributed by atoms with Crippen LogP contribution in [0.3, 0.4) is 0 Å². The van der Waals surface area contributed by atoms with Gasteiger partial charge in [-0.05, 0) is 62.8 Å². The van der Waals surface area contributed by atoms with Gasteiger partial charge in [-0.1, -0.05) is 74.9 Å². The zero-order valence-corrected chi connectivity index (χ0v) is 21.0. The van der Waals surface area contributed by atoms with Crippen molar-refractivity contribution < 1.29 is 9.59 Å². The van der Waals surface area contributed by atoms with Gasteiger partial charge in [-0.2, -0.15) is 0 Å². The van der Waals surface area contributed by atoms with Gasteiger partial charge in [0.25, 0.3) is 0 Å². The highest BCUT2D eigenvalue weighted by Gasteiger charge is 2.30. The molecule has 2 heterocycles. The van der Waals surface area contributed by atoms with E-state index < -0.39 is 0 Å². The predicted molar refractivity (Wildman–Crippen MR) is 140 cm³/mol. The van der Waals surface area contributed by atoms with Crippen LogP contribution in [-0.4, -0.2) is 23.9 Å². The average molecular weight is 461 g/mol. The van der Waals surface area contributed by atoms with Crippen molar-refractivity contribution in [3.63, 3.8) is 0 Å². The Morgan fingerprint density at radius 3 is 1.38 bits per heavy atom. The number of anilines is 2. The second-order valence-electron chi connectivity index (χ2n) is 10.2. The number of unbranched alkanes of at least 4 members (excludes halogenated alkanes) is 7. The third-order valence-corrected chi connectivity index (χ3v) is 7.48. The SMILES string of the molecule is CC1Cc2ccccc2N1C(=O)CCCCCCCCCCC(=O)N1c2ccccc2CC1C. The van der Waals surface area contributed by atoms with E-state index in [1.165, 1.54) is 36.8 Å². The molecule has 2 unspecified atom stereocenters. The van der Waals surface area contributed by atoms with Gasteiger partial charge in [-0.15, -0.1) is 0 Å². The summed E-state index contributed by atoms with van der Waals surface area (Å²) in [5.41, 5.74) is 4.82. The topological polar surface area (TPSA) is 40.6 Å². The molecule has 0 N–H and O–H groups in total. The minimum atomic E-state index is 0.275. The first-order chi connectivity index (χ1) is 16.6. The molecule has 2 atom stereocenters. The van der Waals surface area contributed by atoms with Gasteiger partial charge in [0.2, 0.25) is 11.8 Å². The van der Waals surface area contributed by atoms with E-state index in [1.807, 2.05) is 21.9 Å². The average Bonchev–Trinajstić information content (AvgIpc) is 3.35. The highest BCUT2D eigenvalue weighted by Crippen LogP contribution is 2.33. The maximum atomic E-state index is 12.8. The van der Waals surface area contributed by atoms with Crippen molar-refractivity contribution in [2.24, 2.45) is 0 Å². The maximum absolute atomic E-state index is 12.8. The van der Waals surface area contributed by atoms with Crippen LogP contribution in [0, 0.1) is 0 Å².